The third kappa shape index (κ3) is 6.60. The van der Waals surface area contributed by atoms with Crippen LogP contribution in [0.4, 0.5) is 10.5 Å². The molecule has 1 aliphatic carbocycles. The second kappa shape index (κ2) is 11.2. The zero-order valence-corrected chi connectivity index (χ0v) is 17.6. The molecule has 0 radical (unpaired) electrons. The van der Waals surface area contributed by atoms with Crippen molar-refractivity contribution in [2.75, 3.05) is 19.0 Å². The SMILES string of the molecule is COc1ccc(NC(=O)N[C@@H]2CC[C@H](CC(=O)NC3CCCCC3)O[C@H]2CO)cc1. The van der Waals surface area contributed by atoms with Crippen LogP contribution in [0, 0.1) is 0 Å². The molecule has 1 aliphatic heterocycles. The second-order valence-electron chi connectivity index (χ2n) is 8.10. The number of carbonyl (C=O) groups excluding carboxylic acids is 2. The van der Waals surface area contributed by atoms with Gasteiger partial charge in [-0.2, -0.15) is 0 Å². The second-order valence-corrected chi connectivity index (χ2v) is 8.10. The summed E-state index contributed by atoms with van der Waals surface area (Å²) in [5.74, 6) is 0.716. The largest absolute Gasteiger partial charge is 0.497 e. The number of hydrogen-bond acceptors (Lipinski definition) is 5. The smallest absolute Gasteiger partial charge is 0.319 e. The van der Waals surface area contributed by atoms with Gasteiger partial charge >= 0.3 is 6.03 Å². The van der Waals surface area contributed by atoms with Gasteiger partial charge in [0.05, 0.1) is 32.3 Å². The summed E-state index contributed by atoms with van der Waals surface area (Å²) in [6.07, 6.45) is 6.49. The summed E-state index contributed by atoms with van der Waals surface area (Å²) in [7, 11) is 1.58. The van der Waals surface area contributed by atoms with Gasteiger partial charge in [0.1, 0.15) is 11.9 Å². The first-order valence-electron chi connectivity index (χ1n) is 10.8. The van der Waals surface area contributed by atoms with Gasteiger partial charge in [0.2, 0.25) is 5.91 Å². The number of methoxy groups -OCH3 is 1. The Labute approximate surface area is 177 Å². The number of anilines is 1. The summed E-state index contributed by atoms with van der Waals surface area (Å²) in [4.78, 5) is 24.7. The van der Waals surface area contributed by atoms with E-state index in [1.165, 1.54) is 19.3 Å². The van der Waals surface area contributed by atoms with Crippen molar-refractivity contribution in [2.45, 2.75) is 75.7 Å². The lowest BCUT2D eigenvalue weighted by atomic mass is 9.94. The van der Waals surface area contributed by atoms with Crippen molar-refractivity contribution in [2.24, 2.45) is 0 Å². The van der Waals surface area contributed by atoms with Gasteiger partial charge in [-0.3, -0.25) is 4.79 Å². The molecule has 0 aromatic heterocycles. The van der Waals surface area contributed by atoms with E-state index in [-0.39, 0.29) is 43.2 Å². The maximum Gasteiger partial charge on any atom is 0.319 e. The first-order valence-corrected chi connectivity index (χ1v) is 10.8. The Hall–Kier alpha value is -2.32. The van der Waals surface area contributed by atoms with Gasteiger partial charge in [-0.1, -0.05) is 19.3 Å². The highest BCUT2D eigenvalue weighted by Crippen LogP contribution is 2.23. The van der Waals surface area contributed by atoms with Crippen molar-refractivity contribution >= 4 is 17.6 Å². The molecule has 30 heavy (non-hydrogen) atoms. The maximum absolute atomic E-state index is 12.3. The molecule has 1 saturated carbocycles. The molecule has 3 rings (SSSR count). The Balaban J connectivity index is 1.43. The van der Waals surface area contributed by atoms with Crippen molar-refractivity contribution in [1.29, 1.82) is 0 Å². The molecule has 1 saturated heterocycles. The fraction of sp³-hybridized carbons (Fsp3) is 0.636. The number of ether oxygens (including phenoxy) is 2. The Kier molecular flexibility index (Phi) is 8.33. The Morgan fingerprint density at radius 1 is 1.07 bits per heavy atom. The van der Waals surface area contributed by atoms with Crippen LogP contribution in [-0.2, 0) is 9.53 Å². The van der Waals surface area contributed by atoms with Crippen molar-refractivity contribution in [3.63, 3.8) is 0 Å². The zero-order chi connectivity index (χ0) is 21.3. The third-order valence-corrected chi connectivity index (χ3v) is 5.84. The van der Waals surface area contributed by atoms with Crippen LogP contribution in [0.15, 0.2) is 24.3 Å². The summed E-state index contributed by atoms with van der Waals surface area (Å²) >= 11 is 0. The van der Waals surface area contributed by atoms with Crippen LogP contribution in [0.3, 0.4) is 0 Å². The molecule has 4 N–H and O–H groups in total. The van der Waals surface area contributed by atoms with E-state index in [0.29, 0.717) is 24.3 Å². The van der Waals surface area contributed by atoms with Gasteiger partial charge in [0.25, 0.3) is 0 Å². The summed E-state index contributed by atoms with van der Waals surface area (Å²) in [6, 6.07) is 6.63. The van der Waals surface area contributed by atoms with E-state index < -0.39 is 6.10 Å². The molecule has 0 spiro atoms. The molecule has 8 nitrogen and oxygen atoms in total. The third-order valence-electron chi connectivity index (χ3n) is 5.84. The lowest BCUT2D eigenvalue weighted by Gasteiger charge is -2.36. The van der Waals surface area contributed by atoms with Crippen LogP contribution < -0.4 is 20.7 Å². The average Bonchev–Trinajstić information content (AvgIpc) is 2.76. The maximum atomic E-state index is 12.3. The van der Waals surface area contributed by atoms with E-state index in [9.17, 15) is 14.7 Å². The van der Waals surface area contributed by atoms with E-state index in [0.717, 1.165) is 12.8 Å². The number of aliphatic hydroxyl groups excluding tert-OH is 1. The van der Waals surface area contributed by atoms with Gasteiger partial charge in [0.15, 0.2) is 0 Å². The van der Waals surface area contributed by atoms with Crippen LogP contribution in [0.1, 0.15) is 51.4 Å². The quantitative estimate of drug-likeness (QED) is 0.543. The van der Waals surface area contributed by atoms with Crippen molar-refractivity contribution < 1.29 is 24.2 Å². The van der Waals surface area contributed by atoms with Gasteiger partial charge in [-0.25, -0.2) is 4.79 Å². The molecule has 8 heteroatoms. The summed E-state index contributed by atoms with van der Waals surface area (Å²) in [6.45, 7) is -0.214. The first kappa shape index (κ1) is 22.4. The molecule has 2 fully saturated rings. The molecule has 1 heterocycles. The number of amides is 3. The monoisotopic (exact) mass is 419 g/mol. The molecule has 166 valence electrons. The fourth-order valence-corrected chi connectivity index (χ4v) is 4.20. The molecule has 2 aliphatic rings. The number of urea groups is 1. The molecule has 3 amide bonds. The Bertz CT molecular complexity index is 691. The molecule has 0 bridgehead atoms. The zero-order valence-electron chi connectivity index (χ0n) is 17.6. The molecular formula is C22H33N3O5. The molecular weight excluding hydrogens is 386 g/mol. The van der Waals surface area contributed by atoms with E-state index in [4.69, 9.17) is 9.47 Å². The van der Waals surface area contributed by atoms with Crippen LogP contribution in [0.25, 0.3) is 0 Å². The normalized spacial score (nSPS) is 24.7. The van der Waals surface area contributed by atoms with Gasteiger partial charge in [0, 0.05) is 11.7 Å². The predicted octanol–water partition coefficient (Wildman–Crippen LogP) is 2.56. The minimum Gasteiger partial charge on any atom is -0.497 e. The fourth-order valence-electron chi connectivity index (χ4n) is 4.20. The number of rotatable bonds is 7. The van der Waals surface area contributed by atoms with E-state index in [2.05, 4.69) is 16.0 Å². The van der Waals surface area contributed by atoms with Crippen LogP contribution in [-0.4, -0.2) is 55.1 Å². The lowest BCUT2D eigenvalue weighted by molar-refractivity contribution is -0.131. The number of nitrogens with one attached hydrogen (secondary N) is 3. The number of hydrogen-bond donors (Lipinski definition) is 4. The molecule has 1 aromatic rings. The Morgan fingerprint density at radius 3 is 2.47 bits per heavy atom. The average molecular weight is 420 g/mol. The van der Waals surface area contributed by atoms with Crippen LogP contribution in [0.2, 0.25) is 0 Å². The highest BCUT2D eigenvalue weighted by molar-refractivity contribution is 5.89. The van der Waals surface area contributed by atoms with E-state index in [1.54, 1.807) is 31.4 Å². The molecule has 3 atom stereocenters. The number of aliphatic hydroxyl groups is 1. The van der Waals surface area contributed by atoms with Crippen molar-refractivity contribution in [1.82, 2.24) is 10.6 Å². The first-order chi connectivity index (χ1) is 14.6. The van der Waals surface area contributed by atoms with Crippen molar-refractivity contribution in [3.8, 4) is 5.75 Å². The highest BCUT2D eigenvalue weighted by atomic mass is 16.5. The van der Waals surface area contributed by atoms with Crippen LogP contribution >= 0.6 is 0 Å². The van der Waals surface area contributed by atoms with Gasteiger partial charge in [-0.15, -0.1) is 0 Å². The minimum absolute atomic E-state index is 0.00671. The van der Waals surface area contributed by atoms with E-state index in [1.807, 2.05) is 0 Å². The molecule has 1 aromatic carbocycles. The molecule has 0 unspecified atom stereocenters. The van der Waals surface area contributed by atoms with E-state index >= 15 is 0 Å². The standard InChI is InChI=1S/C22H33N3O5/c1-29-17-9-7-16(8-10-17)24-22(28)25-19-12-11-18(30-20(19)14-26)13-21(27)23-15-5-3-2-4-6-15/h7-10,15,18-20,26H,2-6,11-14H2,1H3,(H,23,27)(H2,24,25,28)/t18-,19-,20+/m1/s1. The van der Waals surface area contributed by atoms with Crippen molar-refractivity contribution in [3.05, 3.63) is 24.3 Å². The van der Waals surface area contributed by atoms with Crippen LogP contribution in [0.5, 0.6) is 5.75 Å². The lowest BCUT2D eigenvalue weighted by Crippen LogP contribution is -2.52. The topological polar surface area (TPSA) is 109 Å². The number of benzene rings is 1. The number of carbonyl (C=O) groups is 2. The van der Waals surface area contributed by atoms with Gasteiger partial charge in [-0.05, 0) is 49.9 Å². The minimum atomic E-state index is -0.534. The Morgan fingerprint density at radius 2 is 1.80 bits per heavy atom. The predicted molar refractivity (Wildman–Crippen MR) is 114 cm³/mol. The summed E-state index contributed by atoms with van der Waals surface area (Å²) < 4.78 is 11.0. The summed E-state index contributed by atoms with van der Waals surface area (Å²) in [5, 5.41) is 18.5. The highest BCUT2D eigenvalue weighted by Gasteiger charge is 2.33. The summed E-state index contributed by atoms with van der Waals surface area (Å²) in [5.41, 5.74) is 0.642. The van der Waals surface area contributed by atoms with Gasteiger partial charge < -0.3 is 30.5 Å².